The molecule has 0 aliphatic carbocycles. The third-order valence-electron chi connectivity index (χ3n) is 6.14. The maximum Gasteiger partial charge on any atom is 0.254 e. The number of benzene rings is 2. The third kappa shape index (κ3) is 5.32. The number of halogens is 1. The Kier molecular flexibility index (Phi) is 7.70. The van der Waals surface area contributed by atoms with Crippen molar-refractivity contribution in [2.45, 2.75) is 39.8 Å². The lowest BCUT2D eigenvalue weighted by molar-refractivity contribution is -0.127. The molecule has 2 aromatic carbocycles. The lowest BCUT2D eigenvalue weighted by Crippen LogP contribution is -2.42. The summed E-state index contributed by atoms with van der Waals surface area (Å²) in [5, 5.41) is 5.60. The fraction of sp³-hybridized carbons (Fsp3) is 0.296. The average Bonchev–Trinajstić information content (AvgIpc) is 3.25. The SMILES string of the molecule is CCN(CC)C(=O)C1=C(C)N=C2SC=C(CC(=O)NCc3ccc(F)cc3)N2C1c1ccccc1. The lowest BCUT2D eigenvalue weighted by Gasteiger charge is -2.38. The number of nitrogens with zero attached hydrogens (tertiary/aromatic N) is 3. The molecule has 182 valence electrons. The molecule has 6 nitrogen and oxygen atoms in total. The van der Waals surface area contributed by atoms with E-state index in [4.69, 9.17) is 4.99 Å². The molecule has 0 radical (unpaired) electrons. The molecule has 1 unspecified atom stereocenters. The fourth-order valence-electron chi connectivity index (χ4n) is 4.30. The van der Waals surface area contributed by atoms with Crippen LogP contribution in [-0.2, 0) is 16.1 Å². The van der Waals surface area contributed by atoms with Gasteiger partial charge in [-0.1, -0.05) is 54.2 Å². The first kappa shape index (κ1) is 24.7. The second-order valence-corrected chi connectivity index (χ2v) is 9.20. The summed E-state index contributed by atoms with van der Waals surface area (Å²) < 4.78 is 13.2. The number of carbonyl (C=O) groups excluding carboxylic acids is 2. The summed E-state index contributed by atoms with van der Waals surface area (Å²) in [4.78, 5) is 35.0. The Bertz CT molecular complexity index is 1190. The van der Waals surface area contributed by atoms with Crippen LogP contribution in [-0.4, -0.2) is 39.9 Å². The number of hydrogen-bond donors (Lipinski definition) is 1. The normalized spacial score (nSPS) is 17.0. The van der Waals surface area contributed by atoms with Gasteiger partial charge >= 0.3 is 0 Å². The maximum atomic E-state index is 13.6. The molecule has 8 heteroatoms. The number of carbonyl (C=O) groups is 2. The molecule has 1 N–H and O–H groups in total. The van der Waals surface area contributed by atoms with Crippen LogP contribution in [0.2, 0.25) is 0 Å². The van der Waals surface area contributed by atoms with Crippen molar-refractivity contribution in [1.82, 2.24) is 15.1 Å². The van der Waals surface area contributed by atoms with Crippen LogP contribution >= 0.6 is 11.8 Å². The molecule has 2 aliphatic heterocycles. The average molecular weight is 493 g/mol. The molecular formula is C27H29FN4O2S. The predicted octanol–water partition coefficient (Wildman–Crippen LogP) is 4.98. The van der Waals surface area contributed by atoms with Gasteiger partial charge in [-0.15, -0.1) is 0 Å². The molecule has 2 aliphatic rings. The first-order chi connectivity index (χ1) is 16.9. The van der Waals surface area contributed by atoms with Crippen molar-refractivity contribution in [3.63, 3.8) is 0 Å². The predicted molar refractivity (Wildman–Crippen MR) is 138 cm³/mol. The van der Waals surface area contributed by atoms with Gasteiger partial charge in [0.2, 0.25) is 5.91 Å². The summed E-state index contributed by atoms with van der Waals surface area (Å²) in [7, 11) is 0. The molecule has 0 aromatic heterocycles. The van der Waals surface area contributed by atoms with E-state index in [0.717, 1.165) is 22.0 Å². The van der Waals surface area contributed by atoms with E-state index in [1.54, 1.807) is 17.0 Å². The largest absolute Gasteiger partial charge is 0.352 e. The van der Waals surface area contributed by atoms with Crippen LogP contribution in [0, 0.1) is 5.82 Å². The van der Waals surface area contributed by atoms with Crippen LogP contribution in [0.3, 0.4) is 0 Å². The number of nitrogens with one attached hydrogen (secondary N) is 1. The maximum absolute atomic E-state index is 13.6. The molecule has 0 saturated carbocycles. The van der Waals surface area contributed by atoms with E-state index >= 15 is 0 Å². The highest BCUT2D eigenvalue weighted by molar-refractivity contribution is 8.16. The monoisotopic (exact) mass is 492 g/mol. The van der Waals surface area contributed by atoms with Gasteiger partial charge in [0.25, 0.3) is 5.91 Å². The minimum absolute atomic E-state index is 0.0406. The van der Waals surface area contributed by atoms with Crippen molar-refractivity contribution in [2.24, 2.45) is 4.99 Å². The Hall–Kier alpha value is -3.39. The van der Waals surface area contributed by atoms with Crippen LogP contribution in [0.15, 0.2) is 82.0 Å². The van der Waals surface area contributed by atoms with E-state index in [1.807, 2.05) is 61.4 Å². The number of likely N-dealkylation sites (N-methyl/N-ethyl adjacent to an activating group) is 1. The Morgan fingerprint density at radius 2 is 1.77 bits per heavy atom. The summed E-state index contributed by atoms with van der Waals surface area (Å²) in [6.45, 7) is 7.34. The van der Waals surface area contributed by atoms with E-state index in [9.17, 15) is 14.0 Å². The van der Waals surface area contributed by atoms with Crippen LogP contribution in [0.5, 0.6) is 0 Å². The van der Waals surface area contributed by atoms with Crippen LogP contribution in [0.4, 0.5) is 4.39 Å². The van der Waals surface area contributed by atoms with Gasteiger partial charge < -0.3 is 15.1 Å². The number of fused-ring (bicyclic) bond motifs is 1. The van der Waals surface area contributed by atoms with E-state index in [1.165, 1.54) is 23.9 Å². The highest BCUT2D eigenvalue weighted by atomic mass is 32.2. The molecule has 0 fully saturated rings. The molecule has 2 aromatic rings. The van der Waals surface area contributed by atoms with E-state index < -0.39 is 0 Å². The molecule has 2 heterocycles. The Balaban J connectivity index is 1.60. The summed E-state index contributed by atoms with van der Waals surface area (Å²) in [5.41, 5.74) is 3.91. The third-order valence-corrected chi connectivity index (χ3v) is 7.03. The first-order valence-corrected chi connectivity index (χ1v) is 12.6. The first-order valence-electron chi connectivity index (χ1n) is 11.7. The van der Waals surface area contributed by atoms with Crippen LogP contribution in [0.1, 0.15) is 44.4 Å². The fourth-order valence-corrected chi connectivity index (χ4v) is 5.27. The van der Waals surface area contributed by atoms with Crippen LogP contribution in [0.25, 0.3) is 0 Å². The van der Waals surface area contributed by atoms with Gasteiger partial charge in [-0.2, -0.15) is 0 Å². The molecule has 35 heavy (non-hydrogen) atoms. The number of allylic oxidation sites excluding steroid dienone is 1. The van der Waals surface area contributed by atoms with Crippen molar-refractivity contribution >= 4 is 28.7 Å². The van der Waals surface area contributed by atoms with Crippen LogP contribution < -0.4 is 5.32 Å². The molecule has 1 atom stereocenters. The molecule has 0 spiro atoms. The molecule has 0 bridgehead atoms. The Labute approximate surface area is 209 Å². The number of aliphatic imine (C=N–C) groups is 1. The van der Waals surface area contributed by atoms with E-state index in [-0.39, 0.29) is 30.1 Å². The van der Waals surface area contributed by atoms with Gasteiger partial charge in [0.1, 0.15) is 5.82 Å². The number of hydrogen-bond acceptors (Lipinski definition) is 5. The van der Waals surface area contributed by atoms with E-state index in [2.05, 4.69) is 5.32 Å². The zero-order valence-corrected chi connectivity index (χ0v) is 20.9. The standard InChI is InChI=1S/C27H29FN4O2S/c1-4-31(5-2)26(34)24-18(3)30-27-32(25(24)20-9-7-6-8-10-20)22(17-35-27)15-23(33)29-16-19-11-13-21(28)14-12-19/h6-14,17,25H,4-5,15-16H2,1-3H3,(H,29,33). The van der Waals surface area contributed by atoms with E-state index in [0.29, 0.717) is 30.9 Å². The summed E-state index contributed by atoms with van der Waals surface area (Å²) in [6.07, 6.45) is 0.141. The number of thioether (sulfide) groups is 1. The van der Waals surface area contributed by atoms with Crippen molar-refractivity contribution < 1.29 is 14.0 Å². The second kappa shape index (κ2) is 10.9. The minimum Gasteiger partial charge on any atom is -0.352 e. The van der Waals surface area contributed by atoms with Gasteiger partial charge in [-0.05, 0) is 49.4 Å². The van der Waals surface area contributed by atoms with Crippen molar-refractivity contribution in [1.29, 1.82) is 0 Å². The summed E-state index contributed by atoms with van der Waals surface area (Å²) in [6, 6.07) is 15.6. The summed E-state index contributed by atoms with van der Waals surface area (Å²) >= 11 is 1.46. The van der Waals surface area contributed by atoms with Crippen molar-refractivity contribution in [2.75, 3.05) is 13.1 Å². The smallest absolute Gasteiger partial charge is 0.254 e. The number of amides is 2. The topological polar surface area (TPSA) is 65.0 Å². The summed E-state index contributed by atoms with van der Waals surface area (Å²) in [5.74, 6) is -0.506. The Morgan fingerprint density at radius 1 is 1.09 bits per heavy atom. The minimum atomic E-state index is -0.372. The van der Waals surface area contributed by atoms with Gasteiger partial charge in [-0.25, -0.2) is 9.38 Å². The highest BCUT2D eigenvalue weighted by Crippen LogP contribution is 2.44. The Morgan fingerprint density at radius 3 is 2.43 bits per heavy atom. The zero-order valence-electron chi connectivity index (χ0n) is 20.1. The van der Waals surface area contributed by atoms with Crippen molar-refractivity contribution in [3.8, 4) is 0 Å². The molecule has 4 rings (SSSR count). The molecule has 0 saturated heterocycles. The zero-order chi connectivity index (χ0) is 24.9. The second-order valence-electron chi connectivity index (χ2n) is 8.36. The highest BCUT2D eigenvalue weighted by Gasteiger charge is 2.41. The number of amidine groups is 1. The van der Waals surface area contributed by atoms with Gasteiger partial charge in [0.15, 0.2) is 5.17 Å². The number of rotatable bonds is 8. The van der Waals surface area contributed by atoms with Gasteiger partial charge in [0.05, 0.1) is 23.7 Å². The lowest BCUT2D eigenvalue weighted by atomic mass is 9.92. The molecule has 2 amide bonds. The van der Waals surface area contributed by atoms with Gasteiger partial charge in [0, 0.05) is 25.3 Å². The van der Waals surface area contributed by atoms with Gasteiger partial charge in [-0.3, -0.25) is 9.59 Å². The van der Waals surface area contributed by atoms with Crippen molar-refractivity contribution in [3.05, 3.63) is 93.9 Å². The quantitative estimate of drug-likeness (QED) is 0.565. The molecular weight excluding hydrogens is 463 g/mol.